The molecule has 138 valence electrons. The van der Waals surface area contributed by atoms with Crippen molar-refractivity contribution in [3.8, 4) is 6.07 Å². The Bertz CT molecular complexity index is 871. The molecule has 0 N–H and O–H groups in total. The molecule has 0 aliphatic carbocycles. The maximum Gasteiger partial charge on any atom is 0.417 e. The molecule has 11 heteroatoms. The first-order valence-corrected chi connectivity index (χ1v) is 8.34. The summed E-state index contributed by atoms with van der Waals surface area (Å²) in [6.45, 7) is 5.09. The van der Waals surface area contributed by atoms with Crippen molar-refractivity contribution in [3.63, 3.8) is 0 Å². The first-order chi connectivity index (χ1) is 12.1. The number of nitriles is 1. The van der Waals surface area contributed by atoms with E-state index in [1.54, 1.807) is 0 Å². The molecule has 2 aromatic rings. The summed E-state index contributed by atoms with van der Waals surface area (Å²) in [4.78, 5) is 7.61. The minimum Gasteiger partial charge on any atom is -0.861 e. The van der Waals surface area contributed by atoms with Crippen LogP contribution in [0.25, 0.3) is 0 Å². The number of aromatic nitrogens is 3. The van der Waals surface area contributed by atoms with Crippen LogP contribution in [0.4, 0.5) is 19.1 Å². The quantitative estimate of drug-likeness (QED) is 0.339. The van der Waals surface area contributed by atoms with Crippen molar-refractivity contribution in [3.05, 3.63) is 29.1 Å². The van der Waals surface area contributed by atoms with Crippen molar-refractivity contribution in [1.82, 2.24) is 10.3 Å². The number of nitrogens with zero attached hydrogens (tertiary/aromatic N) is 5. The van der Waals surface area contributed by atoms with E-state index in [0.29, 0.717) is 11.8 Å². The Balaban J connectivity index is 2.22. The van der Waals surface area contributed by atoms with Gasteiger partial charge in [-0.2, -0.15) is 18.4 Å². The number of hydrogen-bond donors (Lipinski definition) is 0. The van der Waals surface area contributed by atoms with Gasteiger partial charge in [-0.25, -0.2) is 9.98 Å². The highest BCUT2D eigenvalue weighted by atomic mass is 32.2. The third-order valence-corrected chi connectivity index (χ3v) is 4.06. The van der Waals surface area contributed by atoms with Gasteiger partial charge in [-0.05, 0) is 37.4 Å². The molecule has 0 aliphatic heterocycles. The van der Waals surface area contributed by atoms with Gasteiger partial charge in [-0.3, -0.25) is 4.52 Å². The lowest BCUT2D eigenvalue weighted by molar-refractivity contribution is -0.779. The van der Waals surface area contributed by atoms with Crippen LogP contribution in [0.5, 0.6) is 0 Å². The van der Waals surface area contributed by atoms with Crippen LogP contribution < -0.4 is 9.79 Å². The Kier molecular flexibility index (Phi) is 5.86. The van der Waals surface area contributed by atoms with Gasteiger partial charge in [0.15, 0.2) is 6.04 Å². The van der Waals surface area contributed by atoms with E-state index in [9.17, 15) is 18.3 Å². The van der Waals surface area contributed by atoms with Crippen LogP contribution in [0.15, 0.2) is 26.8 Å². The standard InChI is InChI=1S/C15H14F3N5O2S/c1-8(2)23-6-13(25-22-23)21-12(24)7-26-14-10(5-19)11(15(16,17)18)4-9(3)20-14/h4,6,8H,7H2,1-3H3. The zero-order chi connectivity index (χ0) is 19.5. The third kappa shape index (κ3) is 4.72. The Labute approximate surface area is 151 Å². The van der Waals surface area contributed by atoms with E-state index in [0.717, 1.165) is 6.07 Å². The molecule has 0 saturated heterocycles. The number of hydrogen-bond acceptors (Lipinski definition) is 7. The summed E-state index contributed by atoms with van der Waals surface area (Å²) < 4.78 is 45.5. The summed E-state index contributed by atoms with van der Waals surface area (Å²) in [5.74, 6) is -0.967. The summed E-state index contributed by atoms with van der Waals surface area (Å²) in [5, 5.41) is 24.5. The molecule has 2 aromatic heterocycles. The maximum absolute atomic E-state index is 13.1. The van der Waals surface area contributed by atoms with E-state index in [-0.39, 0.29) is 28.4 Å². The summed E-state index contributed by atoms with van der Waals surface area (Å²) in [7, 11) is 0. The molecule has 0 amide bonds. The fourth-order valence-corrected chi connectivity index (χ4v) is 2.74. The molecule has 0 aliphatic rings. The predicted octanol–water partition coefficient (Wildman–Crippen LogP) is 2.32. The van der Waals surface area contributed by atoms with Crippen molar-refractivity contribution >= 4 is 23.5 Å². The first kappa shape index (κ1) is 19.7. The van der Waals surface area contributed by atoms with E-state index in [4.69, 9.17) is 9.78 Å². The lowest BCUT2D eigenvalue weighted by Gasteiger charge is -2.14. The van der Waals surface area contributed by atoms with Crippen LogP contribution in [0.3, 0.4) is 0 Å². The molecule has 0 unspecified atom stereocenters. The molecule has 0 spiro atoms. The lowest BCUT2D eigenvalue weighted by atomic mass is 10.1. The molecule has 2 heterocycles. The van der Waals surface area contributed by atoms with Crippen molar-refractivity contribution in [2.45, 2.75) is 38.0 Å². The first-order valence-electron chi connectivity index (χ1n) is 7.36. The van der Waals surface area contributed by atoms with Gasteiger partial charge < -0.3 is 5.11 Å². The molecular formula is C15H14F3N5O2S. The minimum atomic E-state index is -4.69. The topological polar surface area (TPSA) is 102 Å². The number of aryl methyl sites for hydroxylation is 1. The summed E-state index contributed by atoms with van der Waals surface area (Å²) >= 11 is 0.711. The Morgan fingerprint density at radius 1 is 1.50 bits per heavy atom. The maximum atomic E-state index is 13.1. The second-order valence-corrected chi connectivity index (χ2v) is 6.47. The van der Waals surface area contributed by atoms with Gasteiger partial charge in [0, 0.05) is 11.4 Å². The molecule has 0 fully saturated rings. The van der Waals surface area contributed by atoms with E-state index < -0.39 is 23.2 Å². The largest absolute Gasteiger partial charge is 0.861 e. The van der Waals surface area contributed by atoms with Crippen molar-refractivity contribution in [1.29, 1.82) is 5.26 Å². The van der Waals surface area contributed by atoms with Crippen LogP contribution in [-0.2, 0) is 6.18 Å². The van der Waals surface area contributed by atoms with Crippen LogP contribution in [0.2, 0.25) is 0 Å². The molecule has 2 rings (SSSR count). The fourth-order valence-electron chi connectivity index (χ4n) is 1.91. The highest BCUT2D eigenvalue weighted by Gasteiger charge is 2.35. The molecule has 0 radical (unpaired) electrons. The number of rotatable bonds is 5. The molecule has 0 saturated carbocycles. The summed E-state index contributed by atoms with van der Waals surface area (Å²) in [6.07, 6.45) is -3.26. The van der Waals surface area contributed by atoms with Gasteiger partial charge >= 0.3 is 12.1 Å². The van der Waals surface area contributed by atoms with Gasteiger partial charge in [-0.1, -0.05) is 11.8 Å². The Hall–Kier alpha value is -2.61. The normalized spacial score (nSPS) is 12.5. The van der Waals surface area contributed by atoms with Crippen LogP contribution >= 0.6 is 11.8 Å². The zero-order valence-electron chi connectivity index (χ0n) is 14.0. The van der Waals surface area contributed by atoms with Crippen molar-refractivity contribution in [2.75, 3.05) is 5.75 Å². The van der Waals surface area contributed by atoms with Gasteiger partial charge in [0.2, 0.25) is 5.27 Å². The monoisotopic (exact) mass is 385 g/mol. The summed E-state index contributed by atoms with van der Waals surface area (Å²) in [5.41, 5.74) is -1.60. The van der Waals surface area contributed by atoms with Crippen LogP contribution in [0, 0.1) is 18.3 Å². The van der Waals surface area contributed by atoms with Crippen molar-refractivity contribution in [2.24, 2.45) is 4.99 Å². The van der Waals surface area contributed by atoms with E-state index in [1.165, 1.54) is 23.9 Å². The fraction of sp³-hybridized carbons (Fsp3) is 0.400. The molecule has 0 bridgehead atoms. The summed E-state index contributed by atoms with van der Waals surface area (Å²) in [6, 6.07) is 2.33. The highest BCUT2D eigenvalue weighted by Crippen LogP contribution is 2.35. The molecule has 26 heavy (non-hydrogen) atoms. The second-order valence-electron chi connectivity index (χ2n) is 5.51. The average Bonchev–Trinajstić information content (AvgIpc) is 3.00. The molecule has 7 nitrogen and oxygen atoms in total. The smallest absolute Gasteiger partial charge is 0.417 e. The number of aliphatic imine (C=N–C) groups is 1. The molecule has 0 aromatic carbocycles. The van der Waals surface area contributed by atoms with Gasteiger partial charge in [0.25, 0.3) is 6.20 Å². The number of halogens is 3. The zero-order valence-corrected chi connectivity index (χ0v) is 14.9. The Morgan fingerprint density at radius 3 is 2.73 bits per heavy atom. The van der Waals surface area contributed by atoms with Crippen LogP contribution in [0.1, 0.15) is 36.7 Å². The minimum absolute atomic E-state index is 0.0158. The second kappa shape index (κ2) is 7.74. The van der Waals surface area contributed by atoms with Gasteiger partial charge in [0.1, 0.15) is 11.1 Å². The number of pyridine rings is 1. The van der Waals surface area contributed by atoms with E-state index in [2.05, 4.69) is 15.2 Å². The number of thioether (sulfide) groups is 1. The number of alkyl halides is 3. The average molecular weight is 385 g/mol. The van der Waals surface area contributed by atoms with E-state index in [1.807, 2.05) is 13.8 Å². The van der Waals surface area contributed by atoms with Crippen molar-refractivity contribution < 1.29 is 27.5 Å². The highest BCUT2D eigenvalue weighted by molar-refractivity contribution is 7.99. The van der Waals surface area contributed by atoms with Gasteiger partial charge in [-0.15, -0.1) is 0 Å². The molecule has 0 atom stereocenters. The van der Waals surface area contributed by atoms with Crippen LogP contribution in [-0.4, -0.2) is 21.9 Å². The SMILES string of the molecule is Cc1cc(C(F)(F)F)c(C#N)c(SC/C([O-])=N/c2c[n+](C(C)C)no2)n1. The van der Waals surface area contributed by atoms with Gasteiger partial charge in [0.05, 0.1) is 11.1 Å². The molecular weight excluding hydrogens is 371 g/mol. The lowest BCUT2D eigenvalue weighted by Crippen LogP contribution is -2.36. The van der Waals surface area contributed by atoms with E-state index >= 15 is 0 Å². The Morgan fingerprint density at radius 2 is 2.19 bits per heavy atom. The third-order valence-electron chi connectivity index (χ3n) is 3.10. The predicted molar refractivity (Wildman–Crippen MR) is 83.6 cm³/mol.